The van der Waals surface area contributed by atoms with Gasteiger partial charge >= 0.3 is 0 Å². The Labute approximate surface area is 46.8 Å². The molecule has 0 aromatic rings. The Morgan fingerprint density at radius 3 is 3.57 bits per heavy atom. The molecule has 0 saturated carbocycles. The van der Waals surface area contributed by atoms with Crippen molar-refractivity contribution in [3.05, 3.63) is 23.1 Å². The molecular weight excluding hydrogens is 106 g/mol. The molecule has 1 rings (SSSR count). The summed E-state index contributed by atoms with van der Waals surface area (Å²) >= 11 is 1.45. The first-order valence-electron chi connectivity index (χ1n) is 1.84. The molecule has 0 fully saturated rings. The Balaban J connectivity index is 2.60. The average molecular weight is 109 g/mol. The molecule has 7 heavy (non-hydrogen) atoms. The summed E-state index contributed by atoms with van der Waals surface area (Å²) in [5.74, 6) is 0. The maximum atomic E-state index is 3.68. The highest BCUT2D eigenvalue weighted by molar-refractivity contribution is 8.03. The zero-order valence-corrected chi connectivity index (χ0v) is 4.40. The van der Waals surface area contributed by atoms with E-state index in [1.54, 1.807) is 6.21 Å². The monoisotopic (exact) mass is 109 g/mol. The third-order valence-corrected chi connectivity index (χ3v) is 0.979. The second kappa shape index (κ2) is 2.64. The summed E-state index contributed by atoms with van der Waals surface area (Å²) in [6.45, 7) is 0. The summed E-state index contributed by atoms with van der Waals surface area (Å²) in [5, 5.41) is 4.62. The Kier molecular flexibility index (Phi) is 1.75. The fourth-order valence-corrected chi connectivity index (χ4v) is 0.564. The van der Waals surface area contributed by atoms with Crippen LogP contribution in [0, 0.1) is 11.6 Å². The first-order chi connectivity index (χ1) is 3.50. The van der Waals surface area contributed by atoms with Crippen LogP contribution in [0.1, 0.15) is 0 Å². The number of hydrogen-bond donors (Lipinski definition) is 0. The van der Waals surface area contributed by atoms with Crippen LogP contribution in [0.2, 0.25) is 0 Å². The van der Waals surface area contributed by atoms with Gasteiger partial charge in [-0.1, -0.05) is 11.8 Å². The second-order valence-corrected chi connectivity index (χ2v) is 1.65. The van der Waals surface area contributed by atoms with Crippen molar-refractivity contribution in [2.75, 3.05) is 0 Å². The van der Waals surface area contributed by atoms with Crippen molar-refractivity contribution in [1.29, 1.82) is 0 Å². The van der Waals surface area contributed by atoms with Crippen LogP contribution in [0.3, 0.4) is 0 Å². The lowest BCUT2D eigenvalue weighted by Crippen LogP contribution is -1.53. The average Bonchev–Trinajstić information content (AvgIpc) is 1.90. The molecular formula is C5H3NS. The van der Waals surface area contributed by atoms with E-state index in [4.69, 9.17) is 0 Å². The van der Waals surface area contributed by atoms with E-state index in [1.165, 1.54) is 11.8 Å². The van der Waals surface area contributed by atoms with E-state index in [-0.39, 0.29) is 0 Å². The molecule has 0 atom stereocenters. The lowest BCUT2D eigenvalue weighted by molar-refractivity contribution is 1.54. The first kappa shape index (κ1) is 4.65. The third-order valence-electron chi connectivity index (χ3n) is 0.476. The highest BCUT2D eigenvalue weighted by Crippen LogP contribution is 2.02. The van der Waals surface area contributed by atoms with Crippen LogP contribution in [0.5, 0.6) is 0 Å². The molecule has 0 saturated heterocycles. The van der Waals surface area contributed by atoms with Gasteiger partial charge < -0.3 is 0 Å². The molecule has 0 bridgehead atoms. The quantitative estimate of drug-likeness (QED) is 0.458. The van der Waals surface area contributed by atoms with Gasteiger partial charge in [-0.05, 0) is 11.5 Å². The van der Waals surface area contributed by atoms with E-state index in [1.807, 2.05) is 11.5 Å². The van der Waals surface area contributed by atoms with Crippen LogP contribution in [0.4, 0.5) is 0 Å². The summed E-state index contributed by atoms with van der Waals surface area (Å²) in [5.41, 5.74) is 0. The van der Waals surface area contributed by atoms with Gasteiger partial charge in [-0.3, -0.25) is 4.99 Å². The van der Waals surface area contributed by atoms with Crippen LogP contribution in [0.25, 0.3) is 0 Å². The lowest BCUT2D eigenvalue weighted by atomic mass is 10.7. The van der Waals surface area contributed by atoms with Gasteiger partial charge in [-0.25, -0.2) is 0 Å². The highest BCUT2D eigenvalue weighted by Gasteiger charge is 1.73. The van der Waals surface area contributed by atoms with E-state index in [0.29, 0.717) is 0 Å². The van der Waals surface area contributed by atoms with E-state index in [2.05, 4.69) is 16.6 Å². The van der Waals surface area contributed by atoms with Gasteiger partial charge in [-0.15, -0.1) is 0 Å². The van der Waals surface area contributed by atoms with Crippen LogP contribution >= 0.6 is 11.8 Å². The van der Waals surface area contributed by atoms with Crippen molar-refractivity contribution < 1.29 is 0 Å². The fraction of sp³-hybridized carbons (Fsp3) is 0. The van der Waals surface area contributed by atoms with Crippen LogP contribution in [-0.2, 0) is 0 Å². The van der Waals surface area contributed by atoms with Crippen molar-refractivity contribution >= 4 is 18.0 Å². The minimum absolute atomic E-state index is 1.45. The molecule has 0 aromatic carbocycles. The van der Waals surface area contributed by atoms with Crippen LogP contribution in [-0.4, -0.2) is 6.21 Å². The number of rotatable bonds is 0. The molecule has 34 valence electrons. The van der Waals surface area contributed by atoms with E-state index >= 15 is 0 Å². The summed E-state index contributed by atoms with van der Waals surface area (Å²) in [6.07, 6.45) is 6.09. The maximum Gasteiger partial charge on any atom is 0.105 e. The standard InChI is InChI=1S/C5H3NS/c1-2-6-3-5-7-4-1/h1-2,4H. The minimum Gasteiger partial charge on any atom is -0.253 e. The number of thioether (sulfide) groups is 1. The molecule has 2 heteroatoms. The summed E-state index contributed by atoms with van der Waals surface area (Å²) in [6, 6.07) is 0. The zero-order chi connectivity index (χ0) is 4.95. The minimum atomic E-state index is 1.45. The Hall–Kier alpha value is -0.500. The normalized spacial score (nSPS) is 17.1. The van der Waals surface area contributed by atoms with E-state index in [0.717, 1.165) is 0 Å². The Morgan fingerprint density at radius 1 is 1.57 bits per heavy atom. The molecule has 0 spiro atoms. The summed E-state index contributed by atoms with van der Waals surface area (Å²) in [7, 11) is 0. The molecule has 0 amide bonds. The van der Waals surface area contributed by atoms with Gasteiger partial charge in [-0.2, -0.15) is 0 Å². The second-order valence-electron chi connectivity index (χ2n) is 0.938. The number of allylic oxidation sites excluding steroid dienone is 1. The largest absolute Gasteiger partial charge is 0.253 e. The maximum absolute atomic E-state index is 3.68. The van der Waals surface area contributed by atoms with E-state index in [9.17, 15) is 0 Å². The SMILES string of the molecule is [C]1=[C]SC=CC=N1. The van der Waals surface area contributed by atoms with Crippen molar-refractivity contribution in [1.82, 2.24) is 0 Å². The first-order valence-corrected chi connectivity index (χ1v) is 2.72. The molecule has 1 nitrogen and oxygen atoms in total. The van der Waals surface area contributed by atoms with Crippen LogP contribution in [0.15, 0.2) is 16.5 Å². The molecule has 0 aromatic heterocycles. The van der Waals surface area contributed by atoms with Gasteiger partial charge in [0.05, 0.1) is 5.41 Å². The summed E-state index contributed by atoms with van der Waals surface area (Å²) < 4.78 is 0. The number of nitrogens with zero attached hydrogens (tertiary/aromatic N) is 1. The molecule has 2 radical (unpaired) electrons. The predicted octanol–water partition coefficient (Wildman–Crippen LogP) is 1.40. The predicted molar refractivity (Wildman–Crippen MR) is 31.7 cm³/mol. The fourth-order valence-electron chi connectivity index (χ4n) is 0.241. The Morgan fingerprint density at radius 2 is 2.57 bits per heavy atom. The number of aliphatic imine (C=N–C) groups is 1. The molecule has 1 heterocycles. The number of hydrogen-bond acceptors (Lipinski definition) is 2. The smallest absolute Gasteiger partial charge is 0.105 e. The highest BCUT2D eigenvalue weighted by atomic mass is 32.2. The van der Waals surface area contributed by atoms with Gasteiger partial charge in [0.25, 0.3) is 0 Å². The Bertz CT molecular complexity index is 110. The van der Waals surface area contributed by atoms with Crippen molar-refractivity contribution in [2.45, 2.75) is 0 Å². The molecule has 1 aliphatic rings. The van der Waals surface area contributed by atoms with Gasteiger partial charge in [0.1, 0.15) is 6.20 Å². The zero-order valence-electron chi connectivity index (χ0n) is 3.59. The van der Waals surface area contributed by atoms with Gasteiger partial charge in [0.15, 0.2) is 0 Å². The third kappa shape index (κ3) is 1.59. The van der Waals surface area contributed by atoms with E-state index < -0.39 is 0 Å². The molecule has 1 aliphatic heterocycles. The molecule has 0 unspecified atom stereocenters. The summed E-state index contributed by atoms with van der Waals surface area (Å²) in [4.78, 5) is 3.68. The molecule has 0 aliphatic carbocycles. The van der Waals surface area contributed by atoms with Crippen LogP contribution < -0.4 is 0 Å². The van der Waals surface area contributed by atoms with Crippen molar-refractivity contribution in [3.63, 3.8) is 0 Å². The van der Waals surface area contributed by atoms with Crippen molar-refractivity contribution in [3.8, 4) is 0 Å². The van der Waals surface area contributed by atoms with Gasteiger partial charge in [0.2, 0.25) is 0 Å². The topological polar surface area (TPSA) is 12.4 Å². The lowest BCUT2D eigenvalue weighted by Gasteiger charge is -1.66. The van der Waals surface area contributed by atoms with Crippen molar-refractivity contribution in [2.24, 2.45) is 4.99 Å². The van der Waals surface area contributed by atoms with Gasteiger partial charge in [0, 0.05) is 6.21 Å². The molecule has 0 N–H and O–H groups in total.